The van der Waals surface area contributed by atoms with Crippen LogP contribution >= 0.6 is 0 Å². The first-order valence-electron chi connectivity index (χ1n) is 7.42. The molecule has 18 heavy (non-hydrogen) atoms. The highest BCUT2D eigenvalue weighted by atomic mass is 16.2. The summed E-state index contributed by atoms with van der Waals surface area (Å²) in [5.74, 6) is 0.169. The maximum Gasteiger partial charge on any atom is 0.234 e. The van der Waals surface area contributed by atoms with E-state index >= 15 is 0 Å². The topological polar surface area (TPSA) is 44.4 Å². The lowest BCUT2D eigenvalue weighted by atomic mass is 10.1. The normalized spacial score (nSPS) is 26.1. The largest absolute Gasteiger partial charge is 0.352 e. The van der Waals surface area contributed by atoms with E-state index in [-0.39, 0.29) is 5.91 Å². The predicted octanol–water partition coefficient (Wildman–Crippen LogP) is 1.12. The van der Waals surface area contributed by atoms with E-state index in [1.165, 1.54) is 32.2 Å². The highest BCUT2D eigenvalue weighted by Crippen LogP contribution is 2.18. The molecule has 0 spiro atoms. The molecular weight excluding hydrogens is 226 g/mol. The molecule has 1 heterocycles. The lowest BCUT2D eigenvalue weighted by Crippen LogP contribution is -2.40. The van der Waals surface area contributed by atoms with Crippen molar-refractivity contribution in [2.75, 3.05) is 19.6 Å². The Bertz CT molecular complexity index is 276. The Labute approximate surface area is 110 Å². The average Bonchev–Trinajstić information content (AvgIpc) is 3.12. The SMILES string of the molecule is CC(C)N1CCCC(NCC(=O)NC2CC2)CC1. The van der Waals surface area contributed by atoms with Crippen LogP contribution in [-0.4, -0.2) is 48.6 Å². The molecule has 1 aliphatic heterocycles. The van der Waals surface area contributed by atoms with Crippen LogP contribution in [0.1, 0.15) is 46.0 Å². The van der Waals surface area contributed by atoms with Crippen molar-refractivity contribution in [1.82, 2.24) is 15.5 Å². The van der Waals surface area contributed by atoms with Crippen LogP contribution in [0.15, 0.2) is 0 Å². The van der Waals surface area contributed by atoms with Gasteiger partial charge in [-0.15, -0.1) is 0 Å². The van der Waals surface area contributed by atoms with E-state index in [0.717, 1.165) is 13.0 Å². The van der Waals surface area contributed by atoms with Crippen LogP contribution in [0.2, 0.25) is 0 Å². The number of carbonyl (C=O) groups excluding carboxylic acids is 1. The quantitative estimate of drug-likeness (QED) is 0.771. The van der Waals surface area contributed by atoms with Gasteiger partial charge >= 0.3 is 0 Å². The summed E-state index contributed by atoms with van der Waals surface area (Å²) in [7, 11) is 0. The minimum absolute atomic E-state index is 0.169. The summed E-state index contributed by atoms with van der Waals surface area (Å²) in [5.41, 5.74) is 0. The zero-order valence-corrected chi connectivity index (χ0v) is 11.7. The second-order valence-electron chi connectivity index (χ2n) is 5.98. The van der Waals surface area contributed by atoms with Gasteiger partial charge in [-0.05, 0) is 59.0 Å². The van der Waals surface area contributed by atoms with Crippen LogP contribution in [0, 0.1) is 0 Å². The number of rotatable bonds is 5. The van der Waals surface area contributed by atoms with Gasteiger partial charge in [0.2, 0.25) is 5.91 Å². The van der Waals surface area contributed by atoms with E-state index in [9.17, 15) is 4.79 Å². The van der Waals surface area contributed by atoms with Gasteiger partial charge in [0.15, 0.2) is 0 Å². The first kappa shape index (κ1) is 13.8. The molecule has 1 saturated heterocycles. The maximum atomic E-state index is 11.6. The van der Waals surface area contributed by atoms with Gasteiger partial charge in [0, 0.05) is 18.1 Å². The van der Waals surface area contributed by atoms with Gasteiger partial charge in [-0.2, -0.15) is 0 Å². The third-order valence-electron chi connectivity index (χ3n) is 3.99. The summed E-state index contributed by atoms with van der Waals surface area (Å²) in [6, 6.07) is 1.63. The number of nitrogens with one attached hydrogen (secondary N) is 2. The molecule has 1 amide bonds. The summed E-state index contributed by atoms with van der Waals surface area (Å²) < 4.78 is 0. The van der Waals surface area contributed by atoms with E-state index in [0.29, 0.717) is 24.7 Å². The Kier molecular flexibility index (Phi) is 5.01. The molecule has 1 unspecified atom stereocenters. The van der Waals surface area contributed by atoms with E-state index in [2.05, 4.69) is 29.4 Å². The summed E-state index contributed by atoms with van der Waals surface area (Å²) in [5, 5.41) is 6.44. The third-order valence-corrected chi connectivity index (χ3v) is 3.99. The number of carbonyl (C=O) groups is 1. The Morgan fingerprint density at radius 2 is 1.94 bits per heavy atom. The lowest BCUT2D eigenvalue weighted by Gasteiger charge is -2.24. The van der Waals surface area contributed by atoms with Crippen molar-refractivity contribution < 1.29 is 4.79 Å². The molecule has 104 valence electrons. The molecule has 0 aromatic rings. The van der Waals surface area contributed by atoms with Crippen molar-refractivity contribution in [3.8, 4) is 0 Å². The molecule has 0 bridgehead atoms. The van der Waals surface area contributed by atoms with Gasteiger partial charge in [0.1, 0.15) is 0 Å². The number of nitrogens with zero attached hydrogens (tertiary/aromatic N) is 1. The average molecular weight is 253 g/mol. The molecule has 0 radical (unpaired) electrons. The van der Waals surface area contributed by atoms with Crippen molar-refractivity contribution in [2.24, 2.45) is 0 Å². The Morgan fingerprint density at radius 3 is 2.61 bits per heavy atom. The van der Waals surface area contributed by atoms with Crippen LogP contribution in [0.3, 0.4) is 0 Å². The van der Waals surface area contributed by atoms with Gasteiger partial charge < -0.3 is 15.5 Å². The monoisotopic (exact) mass is 253 g/mol. The molecule has 0 aromatic carbocycles. The predicted molar refractivity (Wildman–Crippen MR) is 73.5 cm³/mol. The second kappa shape index (κ2) is 6.53. The Morgan fingerprint density at radius 1 is 1.17 bits per heavy atom. The first-order valence-corrected chi connectivity index (χ1v) is 7.42. The molecule has 2 N–H and O–H groups in total. The van der Waals surface area contributed by atoms with E-state index in [1.54, 1.807) is 0 Å². The smallest absolute Gasteiger partial charge is 0.234 e. The van der Waals surface area contributed by atoms with Gasteiger partial charge in [-0.25, -0.2) is 0 Å². The van der Waals surface area contributed by atoms with Crippen LogP contribution in [-0.2, 0) is 4.79 Å². The number of likely N-dealkylation sites (tertiary alicyclic amines) is 1. The molecule has 0 aromatic heterocycles. The molecule has 2 fully saturated rings. The molecule has 4 nitrogen and oxygen atoms in total. The molecule has 4 heteroatoms. The fourth-order valence-corrected chi connectivity index (χ4v) is 2.58. The van der Waals surface area contributed by atoms with E-state index in [1.807, 2.05) is 0 Å². The number of hydrogen-bond acceptors (Lipinski definition) is 3. The summed E-state index contributed by atoms with van der Waals surface area (Å²) in [6.07, 6.45) is 5.92. The zero-order chi connectivity index (χ0) is 13.0. The molecule has 1 atom stereocenters. The van der Waals surface area contributed by atoms with Crippen LogP contribution < -0.4 is 10.6 Å². The van der Waals surface area contributed by atoms with Gasteiger partial charge in [0.25, 0.3) is 0 Å². The minimum Gasteiger partial charge on any atom is -0.352 e. The lowest BCUT2D eigenvalue weighted by molar-refractivity contribution is -0.120. The molecular formula is C14H27N3O. The number of amides is 1. The highest BCUT2D eigenvalue weighted by molar-refractivity contribution is 5.78. The molecule has 1 aliphatic carbocycles. The van der Waals surface area contributed by atoms with Crippen molar-refractivity contribution in [3.63, 3.8) is 0 Å². The standard InChI is InChI=1S/C14H27N3O/c1-11(2)17-8-3-4-12(7-9-17)15-10-14(18)16-13-5-6-13/h11-13,15H,3-10H2,1-2H3,(H,16,18). The summed E-state index contributed by atoms with van der Waals surface area (Å²) in [4.78, 5) is 14.1. The summed E-state index contributed by atoms with van der Waals surface area (Å²) >= 11 is 0. The van der Waals surface area contributed by atoms with E-state index < -0.39 is 0 Å². The third kappa shape index (κ3) is 4.58. The van der Waals surface area contributed by atoms with Crippen LogP contribution in [0.25, 0.3) is 0 Å². The Hall–Kier alpha value is -0.610. The fourth-order valence-electron chi connectivity index (χ4n) is 2.58. The van der Waals surface area contributed by atoms with Crippen LogP contribution in [0.5, 0.6) is 0 Å². The fraction of sp³-hybridized carbons (Fsp3) is 0.929. The van der Waals surface area contributed by atoms with Crippen molar-refractivity contribution in [1.29, 1.82) is 0 Å². The van der Waals surface area contributed by atoms with E-state index in [4.69, 9.17) is 0 Å². The number of hydrogen-bond donors (Lipinski definition) is 2. The first-order chi connectivity index (χ1) is 8.65. The summed E-state index contributed by atoms with van der Waals surface area (Å²) in [6.45, 7) is 7.36. The highest BCUT2D eigenvalue weighted by Gasteiger charge is 2.24. The molecule has 2 rings (SSSR count). The van der Waals surface area contributed by atoms with Gasteiger partial charge in [-0.3, -0.25) is 4.79 Å². The Balaban J connectivity index is 1.64. The van der Waals surface area contributed by atoms with Gasteiger partial charge in [0.05, 0.1) is 6.54 Å². The zero-order valence-electron chi connectivity index (χ0n) is 11.7. The van der Waals surface area contributed by atoms with Crippen LogP contribution in [0.4, 0.5) is 0 Å². The van der Waals surface area contributed by atoms with Gasteiger partial charge in [-0.1, -0.05) is 0 Å². The minimum atomic E-state index is 0.169. The molecule has 2 aliphatic rings. The van der Waals surface area contributed by atoms with Crippen molar-refractivity contribution >= 4 is 5.91 Å². The van der Waals surface area contributed by atoms with Crippen molar-refractivity contribution in [3.05, 3.63) is 0 Å². The molecule has 1 saturated carbocycles. The second-order valence-corrected chi connectivity index (χ2v) is 5.98. The van der Waals surface area contributed by atoms with Crippen molar-refractivity contribution in [2.45, 2.75) is 64.1 Å². The maximum absolute atomic E-state index is 11.6.